The van der Waals surface area contributed by atoms with Gasteiger partial charge < -0.3 is 10.4 Å². The molecule has 3 rings (SSSR count). The zero-order valence-corrected chi connectivity index (χ0v) is 20.4. The molecule has 0 unspecified atom stereocenters. The smallest absolute Gasteiger partial charge is 0.309 e. The average molecular weight is 487 g/mol. The number of carbonyl (C=O) groups is 2. The first-order valence-corrected chi connectivity index (χ1v) is 13.0. The monoisotopic (exact) mass is 486 g/mol. The van der Waals surface area contributed by atoms with E-state index in [4.69, 9.17) is 5.11 Å². The van der Waals surface area contributed by atoms with Crippen LogP contribution in [-0.2, 0) is 24.2 Å². The van der Waals surface area contributed by atoms with E-state index in [2.05, 4.69) is 45.7 Å². The standard InChI is InChI=1S/C24H30N4O3S2/c1-2-3-4-5-6-7-10-17-11-8-9-12-19(17)25-14-21-27-20(16-32-21)23(31)28-24-26-18(15-33-24)13-22(29)30/h8-9,11-12,15-16,25H,2-7,10,13-14H2,1H3,(H,29,30)(H,26,28,31). The molecule has 0 aliphatic heterocycles. The highest BCUT2D eigenvalue weighted by molar-refractivity contribution is 7.14. The number of hydrogen-bond acceptors (Lipinski definition) is 7. The number of aliphatic carboxylic acids is 1. The summed E-state index contributed by atoms with van der Waals surface area (Å²) in [6, 6.07) is 8.36. The number of nitrogens with zero attached hydrogens (tertiary/aromatic N) is 2. The molecular weight excluding hydrogens is 456 g/mol. The molecule has 2 heterocycles. The molecular formula is C24H30N4O3S2. The number of rotatable bonds is 14. The van der Waals surface area contributed by atoms with Crippen molar-refractivity contribution >= 4 is 45.4 Å². The molecule has 9 heteroatoms. The molecule has 0 aliphatic rings. The lowest BCUT2D eigenvalue weighted by Gasteiger charge is -2.11. The molecule has 3 aromatic rings. The summed E-state index contributed by atoms with van der Waals surface area (Å²) in [6.07, 6.45) is 8.55. The van der Waals surface area contributed by atoms with E-state index in [9.17, 15) is 9.59 Å². The summed E-state index contributed by atoms with van der Waals surface area (Å²) >= 11 is 2.63. The molecule has 1 aromatic carbocycles. The third kappa shape index (κ3) is 8.25. The van der Waals surface area contributed by atoms with Crippen molar-refractivity contribution < 1.29 is 14.7 Å². The van der Waals surface area contributed by atoms with Gasteiger partial charge in [-0.15, -0.1) is 22.7 Å². The lowest BCUT2D eigenvalue weighted by molar-refractivity contribution is -0.136. The Morgan fingerprint density at radius 3 is 2.61 bits per heavy atom. The predicted molar refractivity (Wildman–Crippen MR) is 134 cm³/mol. The van der Waals surface area contributed by atoms with Gasteiger partial charge in [0.1, 0.15) is 10.7 Å². The SMILES string of the molecule is CCCCCCCCc1ccccc1NCc1nc(C(=O)Nc2nc(CC(=O)O)cs2)cs1. The van der Waals surface area contributed by atoms with E-state index in [0.29, 0.717) is 23.1 Å². The van der Waals surface area contributed by atoms with Gasteiger partial charge in [0.15, 0.2) is 5.13 Å². The quantitative estimate of drug-likeness (QED) is 0.242. The zero-order chi connectivity index (χ0) is 23.5. The van der Waals surface area contributed by atoms with Crippen molar-refractivity contribution in [1.29, 1.82) is 0 Å². The van der Waals surface area contributed by atoms with Gasteiger partial charge in [-0.2, -0.15) is 0 Å². The van der Waals surface area contributed by atoms with Crippen molar-refractivity contribution in [2.75, 3.05) is 10.6 Å². The Morgan fingerprint density at radius 1 is 1.00 bits per heavy atom. The van der Waals surface area contributed by atoms with Gasteiger partial charge in [0, 0.05) is 16.4 Å². The fourth-order valence-electron chi connectivity index (χ4n) is 3.44. The van der Waals surface area contributed by atoms with Gasteiger partial charge in [-0.25, -0.2) is 9.97 Å². The van der Waals surface area contributed by atoms with Crippen LogP contribution in [-0.4, -0.2) is 27.0 Å². The Morgan fingerprint density at radius 2 is 1.79 bits per heavy atom. The highest BCUT2D eigenvalue weighted by atomic mass is 32.1. The van der Waals surface area contributed by atoms with Crippen molar-refractivity contribution in [1.82, 2.24) is 9.97 Å². The van der Waals surface area contributed by atoms with Crippen molar-refractivity contribution in [2.24, 2.45) is 0 Å². The minimum atomic E-state index is -0.955. The van der Waals surface area contributed by atoms with Gasteiger partial charge >= 0.3 is 5.97 Å². The first-order valence-electron chi connectivity index (χ1n) is 11.3. The minimum Gasteiger partial charge on any atom is -0.481 e. The van der Waals surface area contributed by atoms with Crippen LogP contribution < -0.4 is 10.6 Å². The largest absolute Gasteiger partial charge is 0.481 e. The Bertz CT molecular complexity index is 1050. The highest BCUT2D eigenvalue weighted by Gasteiger charge is 2.14. The van der Waals surface area contributed by atoms with Crippen molar-refractivity contribution in [2.45, 2.75) is 64.8 Å². The Labute approximate surface area is 202 Å². The number of unbranched alkanes of at least 4 members (excludes halogenated alkanes) is 5. The third-order valence-electron chi connectivity index (χ3n) is 5.14. The molecule has 7 nitrogen and oxygen atoms in total. The van der Waals surface area contributed by atoms with Crippen LogP contribution in [0, 0.1) is 0 Å². The van der Waals surface area contributed by atoms with Gasteiger partial charge in [0.25, 0.3) is 5.91 Å². The number of anilines is 2. The predicted octanol–water partition coefficient (Wildman–Crippen LogP) is 5.99. The van der Waals surface area contributed by atoms with Gasteiger partial charge in [-0.05, 0) is 24.5 Å². The second-order valence-corrected chi connectivity index (χ2v) is 9.62. The Hall–Kier alpha value is -2.78. The second-order valence-electron chi connectivity index (χ2n) is 7.82. The molecule has 1 amide bonds. The number of carboxylic acids is 1. The van der Waals surface area contributed by atoms with E-state index >= 15 is 0 Å². The number of carboxylic acid groups (broad SMARTS) is 1. The third-order valence-corrected chi connectivity index (χ3v) is 6.79. The fraction of sp³-hybridized carbons (Fsp3) is 0.417. The van der Waals surface area contributed by atoms with Crippen LogP contribution in [0.25, 0.3) is 0 Å². The van der Waals surface area contributed by atoms with Gasteiger partial charge in [-0.1, -0.05) is 57.2 Å². The minimum absolute atomic E-state index is 0.167. The molecule has 0 bridgehead atoms. The number of benzene rings is 1. The molecule has 0 fully saturated rings. The van der Waals surface area contributed by atoms with Crippen LogP contribution >= 0.6 is 22.7 Å². The molecule has 0 radical (unpaired) electrons. The topological polar surface area (TPSA) is 104 Å². The first kappa shape index (κ1) is 24.9. The van der Waals surface area contributed by atoms with E-state index in [1.165, 1.54) is 66.8 Å². The maximum absolute atomic E-state index is 12.5. The second kappa shape index (κ2) is 13.1. The molecule has 0 saturated heterocycles. The summed E-state index contributed by atoms with van der Waals surface area (Å²) in [5, 5.41) is 19.5. The van der Waals surface area contributed by atoms with E-state index in [0.717, 1.165) is 17.1 Å². The van der Waals surface area contributed by atoms with Crippen molar-refractivity contribution in [3.05, 3.63) is 57.0 Å². The lowest BCUT2D eigenvalue weighted by atomic mass is 10.0. The fourth-order valence-corrected chi connectivity index (χ4v) is 4.85. The van der Waals surface area contributed by atoms with Gasteiger partial charge in [0.05, 0.1) is 18.7 Å². The summed E-state index contributed by atoms with van der Waals surface area (Å²) in [4.78, 5) is 31.8. The molecule has 0 saturated carbocycles. The van der Waals surface area contributed by atoms with Gasteiger partial charge in [0.2, 0.25) is 0 Å². The van der Waals surface area contributed by atoms with Crippen LogP contribution in [0.3, 0.4) is 0 Å². The molecule has 2 aromatic heterocycles. The number of nitrogens with one attached hydrogen (secondary N) is 2. The van der Waals surface area contributed by atoms with Crippen LogP contribution in [0.2, 0.25) is 0 Å². The number of aryl methyl sites for hydroxylation is 1. The number of amides is 1. The van der Waals surface area contributed by atoms with Crippen LogP contribution in [0.5, 0.6) is 0 Å². The van der Waals surface area contributed by atoms with Crippen molar-refractivity contribution in [3.63, 3.8) is 0 Å². The number of carbonyl (C=O) groups excluding carboxylic acids is 1. The van der Waals surface area contributed by atoms with E-state index in [-0.39, 0.29) is 12.3 Å². The van der Waals surface area contributed by atoms with Crippen molar-refractivity contribution in [3.8, 4) is 0 Å². The molecule has 0 spiro atoms. The number of aromatic nitrogens is 2. The zero-order valence-electron chi connectivity index (χ0n) is 18.8. The highest BCUT2D eigenvalue weighted by Crippen LogP contribution is 2.21. The summed E-state index contributed by atoms with van der Waals surface area (Å²) in [5.74, 6) is -1.31. The number of para-hydroxylation sites is 1. The Kier molecular flexibility index (Phi) is 9.83. The maximum Gasteiger partial charge on any atom is 0.309 e. The van der Waals surface area contributed by atoms with E-state index in [1.54, 1.807) is 10.8 Å². The summed E-state index contributed by atoms with van der Waals surface area (Å²) in [5.41, 5.74) is 3.17. The summed E-state index contributed by atoms with van der Waals surface area (Å²) < 4.78 is 0. The van der Waals surface area contributed by atoms with Crippen LogP contribution in [0.4, 0.5) is 10.8 Å². The maximum atomic E-state index is 12.5. The molecule has 0 aliphatic carbocycles. The Balaban J connectivity index is 1.49. The molecule has 0 atom stereocenters. The molecule has 3 N–H and O–H groups in total. The van der Waals surface area contributed by atoms with E-state index < -0.39 is 5.97 Å². The summed E-state index contributed by atoms with van der Waals surface area (Å²) in [7, 11) is 0. The molecule has 176 valence electrons. The average Bonchev–Trinajstić information content (AvgIpc) is 3.44. The molecule has 33 heavy (non-hydrogen) atoms. The first-order chi connectivity index (χ1) is 16.0. The lowest BCUT2D eigenvalue weighted by Crippen LogP contribution is -2.13. The van der Waals surface area contributed by atoms with Crippen LogP contribution in [0.1, 0.15) is 72.2 Å². The van der Waals surface area contributed by atoms with E-state index in [1.807, 2.05) is 6.07 Å². The number of thiazole rings is 2. The normalized spacial score (nSPS) is 10.8. The summed E-state index contributed by atoms with van der Waals surface area (Å²) in [6.45, 7) is 2.78. The van der Waals surface area contributed by atoms with Crippen LogP contribution in [0.15, 0.2) is 35.0 Å². The van der Waals surface area contributed by atoms with Gasteiger partial charge in [-0.3, -0.25) is 14.9 Å². The number of hydrogen-bond donors (Lipinski definition) is 3.